The molecule has 1 aromatic carbocycles. The molecule has 1 rings (SSSR count). The van der Waals surface area contributed by atoms with E-state index in [-0.39, 0.29) is 5.41 Å². The van der Waals surface area contributed by atoms with Gasteiger partial charge in [0.15, 0.2) is 0 Å². The van der Waals surface area contributed by atoms with Crippen LogP contribution in [0.2, 0.25) is 0 Å². The molecule has 0 fully saturated rings. The van der Waals surface area contributed by atoms with E-state index < -0.39 is 0 Å². The summed E-state index contributed by atoms with van der Waals surface area (Å²) in [4.78, 5) is 2.19. The highest BCUT2D eigenvalue weighted by Gasteiger charge is 2.17. The Morgan fingerprint density at radius 1 is 1.15 bits per heavy atom. The Morgan fingerprint density at radius 2 is 1.85 bits per heavy atom. The fourth-order valence-corrected chi connectivity index (χ4v) is 2.02. The quantitative estimate of drug-likeness (QED) is 0.666. The highest BCUT2D eigenvalue weighted by Crippen LogP contribution is 2.14. The summed E-state index contributed by atoms with van der Waals surface area (Å²) in [6.07, 6.45) is 1.10. The highest BCUT2D eigenvalue weighted by atomic mass is 16.5. The number of ether oxygens (including phenoxy) is 1. The van der Waals surface area contributed by atoms with Crippen LogP contribution in [0.1, 0.15) is 25.8 Å². The molecule has 3 nitrogen and oxygen atoms in total. The number of hydrogen-bond donors (Lipinski definition) is 1. The molecule has 1 aromatic rings. The second-order valence-electron chi connectivity index (χ2n) is 6.46. The first-order chi connectivity index (χ1) is 9.49. The third kappa shape index (κ3) is 8.31. The van der Waals surface area contributed by atoms with Crippen molar-refractivity contribution in [1.29, 1.82) is 0 Å². The Balaban J connectivity index is 2.11. The van der Waals surface area contributed by atoms with Crippen molar-refractivity contribution in [3.8, 4) is 0 Å². The van der Waals surface area contributed by atoms with Crippen LogP contribution >= 0.6 is 0 Å². The Labute approximate surface area is 124 Å². The molecule has 0 atom stereocenters. The predicted octanol–water partition coefficient (Wildman–Crippen LogP) is 2.77. The minimum Gasteiger partial charge on any atom is -0.381 e. The molecular formula is C17H30N2O. The van der Waals surface area contributed by atoms with E-state index >= 15 is 0 Å². The smallest absolute Gasteiger partial charge is 0.0529 e. The van der Waals surface area contributed by atoms with E-state index in [1.165, 1.54) is 5.56 Å². The summed E-state index contributed by atoms with van der Waals surface area (Å²) in [5.41, 5.74) is 1.50. The monoisotopic (exact) mass is 278 g/mol. The lowest BCUT2D eigenvalue weighted by Crippen LogP contribution is -2.33. The van der Waals surface area contributed by atoms with E-state index in [1.54, 1.807) is 0 Å². The van der Waals surface area contributed by atoms with Gasteiger partial charge in [-0.25, -0.2) is 0 Å². The molecule has 0 bridgehead atoms. The van der Waals surface area contributed by atoms with Gasteiger partial charge in [-0.3, -0.25) is 0 Å². The summed E-state index contributed by atoms with van der Waals surface area (Å²) in [6.45, 7) is 9.13. The van der Waals surface area contributed by atoms with E-state index in [9.17, 15) is 0 Å². The first kappa shape index (κ1) is 17.2. The maximum Gasteiger partial charge on any atom is 0.0529 e. The average molecular weight is 278 g/mol. The van der Waals surface area contributed by atoms with Gasteiger partial charge < -0.3 is 15.0 Å². The molecule has 0 aliphatic carbocycles. The largest absolute Gasteiger partial charge is 0.381 e. The lowest BCUT2D eigenvalue weighted by Gasteiger charge is -2.25. The number of rotatable bonds is 10. The first-order valence-corrected chi connectivity index (χ1v) is 7.47. The molecule has 0 saturated heterocycles. The van der Waals surface area contributed by atoms with Gasteiger partial charge in [0.25, 0.3) is 0 Å². The molecule has 0 amide bonds. The minimum absolute atomic E-state index is 0.174. The Bertz CT molecular complexity index is 349. The second kappa shape index (κ2) is 9.11. The molecule has 0 saturated carbocycles. The zero-order valence-electron chi connectivity index (χ0n) is 13.5. The lowest BCUT2D eigenvalue weighted by molar-refractivity contribution is 0.0578. The normalized spacial score (nSPS) is 12.1. The van der Waals surface area contributed by atoms with E-state index in [0.29, 0.717) is 0 Å². The number of nitrogens with one attached hydrogen (secondary N) is 1. The number of benzene rings is 1. The zero-order chi connectivity index (χ0) is 14.8. The summed E-state index contributed by atoms with van der Waals surface area (Å²) in [5.74, 6) is 0. The van der Waals surface area contributed by atoms with Gasteiger partial charge in [0.1, 0.15) is 0 Å². The maximum absolute atomic E-state index is 5.78. The first-order valence-electron chi connectivity index (χ1n) is 7.47. The zero-order valence-corrected chi connectivity index (χ0v) is 13.5. The third-order valence-electron chi connectivity index (χ3n) is 3.16. The summed E-state index contributed by atoms with van der Waals surface area (Å²) in [5, 5.41) is 3.51. The van der Waals surface area contributed by atoms with Crippen LogP contribution in [0.15, 0.2) is 30.3 Å². The van der Waals surface area contributed by atoms with Gasteiger partial charge in [-0.1, -0.05) is 44.2 Å². The van der Waals surface area contributed by atoms with Crippen LogP contribution in [0.3, 0.4) is 0 Å². The van der Waals surface area contributed by atoms with Crippen molar-refractivity contribution >= 4 is 0 Å². The number of nitrogens with zero attached hydrogens (tertiary/aromatic N) is 1. The third-order valence-corrected chi connectivity index (χ3v) is 3.16. The molecule has 114 valence electrons. The van der Waals surface area contributed by atoms with Crippen molar-refractivity contribution in [3.63, 3.8) is 0 Å². The Hall–Kier alpha value is -0.900. The van der Waals surface area contributed by atoms with Crippen molar-refractivity contribution < 1.29 is 4.74 Å². The fourth-order valence-electron chi connectivity index (χ4n) is 2.02. The van der Waals surface area contributed by atoms with E-state index in [0.717, 1.165) is 39.3 Å². The molecule has 0 unspecified atom stereocenters. The van der Waals surface area contributed by atoms with Crippen LogP contribution in [0.4, 0.5) is 0 Å². The minimum atomic E-state index is 0.174. The molecular weight excluding hydrogens is 248 g/mol. The molecule has 0 aromatic heterocycles. The van der Waals surface area contributed by atoms with Crippen LogP contribution in [0, 0.1) is 5.41 Å². The van der Waals surface area contributed by atoms with Crippen molar-refractivity contribution in [1.82, 2.24) is 10.2 Å². The van der Waals surface area contributed by atoms with Crippen LogP contribution in [0.5, 0.6) is 0 Å². The van der Waals surface area contributed by atoms with Crippen LogP contribution in [0.25, 0.3) is 0 Å². The molecule has 0 aliphatic heterocycles. The van der Waals surface area contributed by atoms with E-state index in [2.05, 4.69) is 68.5 Å². The molecule has 20 heavy (non-hydrogen) atoms. The van der Waals surface area contributed by atoms with Gasteiger partial charge in [-0.05, 0) is 32.6 Å². The SMILES string of the molecule is CN(C)CCCOCC(C)(C)CNCc1ccccc1. The standard InChI is InChI=1S/C17H30N2O/c1-17(2,15-20-12-8-11-19(3)4)14-18-13-16-9-6-5-7-10-16/h5-7,9-10,18H,8,11-15H2,1-4H3. The van der Waals surface area contributed by atoms with Crippen molar-refractivity contribution in [2.24, 2.45) is 5.41 Å². The Kier molecular flexibility index (Phi) is 7.82. The second-order valence-corrected chi connectivity index (χ2v) is 6.46. The molecule has 0 heterocycles. The fraction of sp³-hybridized carbons (Fsp3) is 0.647. The van der Waals surface area contributed by atoms with E-state index in [4.69, 9.17) is 4.74 Å². The van der Waals surface area contributed by atoms with Gasteiger partial charge in [0, 0.05) is 25.1 Å². The van der Waals surface area contributed by atoms with E-state index in [1.807, 2.05) is 0 Å². The summed E-state index contributed by atoms with van der Waals surface area (Å²) < 4.78 is 5.78. The van der Waals surface area contributed by atoms with Gasteiger partial charge >= 0.3 is 0 Å². The topological polar surface area (TPSA) is 24.5 Å². The summed E-state index contributed by atoms with van der Waals surface area (Å²) >= 11 is 0. The van der Waals surface area contributed by atoms with Crippen molar-refractivity contribution in [2.45, 2.75) is 26.8 Å². The average Bonchev–Trinajstić information content (AvgIpc) is 2.39. The van der Waals surface area contributed by atoms with Crippen LogP contribution < -0.4 is 5.32 Å². The lowest BCUT2D eigenvalue weighted by atomic mass is 9.95. The Morgan fingerprint density at radius 3 is 2.50 bits per heavy atom. The number of hydrogen-bond acceptors (Lipinski definition) is 3. The highest BCUT2D eigenvalue weighted by molar-refractivity contribution is 5.14. The molecule has 0 aliphatic rings. The molecule has 1 N–H and O–H groups in total. The van der Waals surface area contributed by atoms with Crippen LogP contribution in [-0.4, -0.2) is 45.3 Å². The molecule has 3 heteroatoms. The van der Waals surface area contributed by atoms with Gasteiger partial charge in [0.2, 0.25) is 0 Å². The van der Waals surface area contributed by atoms with Gasteiger partial charge in [0.05, 0.1) is 6.61 Å². The molecule has 0 radical (unpaired) electrons. The maximum atomic E-state index is 5.78. The molecule has 0 spiro atoms. The van der Waals surface area contributed by atoms with Gasteiger partial charge in [-0.2, -0.15) is 0 Å². The van der Waals surface area contributed by atoms with Gasteiger partial charge in [-0.15, -0.1) is 0 Å². The van der Waals surface area contributed by atoms with Crippen molar-refractivity contribution in [2.75, 3.05) is 40.4 Å². The van der Waals surface area contributed by atoms with Crippen LogP contribution in [-0.2, 0) is 11.3 Å². The summed E-state index contributed by atoms with van der Waals surface area (Å²) in [7, 11) is 4.19. The predicted molar refractivity (Wildman–Crippen MR) is 85.9 cm³/mol. The van der Waals surface area contributed by atoms with Crippen molar-refractivity contribution in [3.05, 3.63) is 35.9 Å². The summed E-state index contributed by atoms with van der Waals surface area (Å²) in [6, 6.07) is 10.5.